The highest BCUT2D eigenvalue weighted by molar-refractivity contribution is 9.10. The van der Waals surface area contributed by atoms with Crippen LogP contribution in [0, 0.1) is 5.82 Å². The molecule has 1 aromatic heterocycles. The molecule has 0 saturated carbocycles. The van der Waals surface area contributed by atoms with Crippen molar-refractivity contribution in [3.8, 4) is 0 Å². The normalized spacial score (nSPS) is 10.6. The van der Waals surface area contributed by atoms with E-state index in [9.17, 15) is 4.39 Å². The van der Waals surface area contributed by atoms with Gasteiger partial charge in [0.1, 0.15) is 0 Å². The van der Waals surface area contributed by atoms with Gasteiger partial charge in [-0.1, -0.05) is 13.8 Å². The maximum atomic E-state index is 13.3. The van der Waals surface area contributed by atoms with Gasteiger partial charge in [0, 0.05) is 12.2 Å². The van der Waals surface area contributed by atoms with Crippen molar-refractivity contribution in [3.63, 3.8) is 0 Å². The van der Waals surface area contributed by atoms with Crippen molar-refractivity contribution in [3.05, 3.63) is 22.7 Å². The lowest BCUT2D eigenvalue weighted by molar-refractivity contribution is 0.609. The minimum atomic E-state index is -0.314. The summed E-state index contributed by atoms with van der Waals surface area (Å²) in [5, 5.41) is 3.15. The highest BCUT2D eigenvalue weighted by Gasteiger charge is 2.10. The molecule has 4 heteroatoms. The van der Waals surface area contributed by atoms with Crippen LogP contribution < -0.4 is 5.32 Å². The number of hydrogen-bond acceptors (Lipinski definition) is 2. The van der Waals surface area contributed by atoms with Gasteiger partial charge in [0.15, 0.2) is 5.82 Å². The van der Waals surface area contributed by atoms with Crippen LogP contribution in [0.5, 0.6) is 0 Å². The Bertz CT molecular complexity index is 280. The number of aromatic nitrogens is 1. The van der Waals surface area contributed by atoms with Crippen LogP contribution in [0.3, 0.4) is 0 Å². The lowest BCUT2D eigenvalue weighted by Crippen LogP contribution is -2.18. The van der Waals surface area contributed by atoms with Crippen molar-refractivity contribution in [1.29, 1.82) is 0 Å². The van der Waals surface area contributed by atoms with Gasteiger partial charge in [-0.3, -0.25) is 4.98 Å². The van der Waals surface area contributed by atoms with Gasteiger partial charge in [0.2, 0.25) is 0 Å². The average Bonchev–Trinajstić information content (AvgIpc) is 2.18. The summed E-state index contributed by atoms with van der Waals surface area (Å²) >= 11 is 3.27. The second-order valence-electron chi connectivity index (χ2n) is 3.14. The summed E-state index contributed by atoms with van der Waals surface area (Å²) in [6.45, 7) is 4.16. The molecule has 0 amide bonds. The van der Waals surface area contributed by atoms with Crippen LogP contribution >= 0.6 is 15.9 Å². The molecule has 0 atom stereocenters. The fourth-order valence-corrected chi connectivity index (χ4v) is 1.67. The van der Waals surface area contributed by atoms with Crippen LogP contribution in [0.15, 0.2) is 16.9 Å². The quantitative estimate of drug-likeness (QED) is 0.895. The molecule has 14 heavy (non-hydrogen) atoms. The van der Waals surface area contributed by atoms with Crippen LogP contribution in [-0.2, 0) is 0 Å². The first-order chi connectivity index (χ1) is 6.69. The SMILES string of the molecule is CCC(CC)Nc1c(F)cncc1Br. The summed E-state index contributed by atoms with van der Waals surface area (Å²) in [6, 6.07) is 0.309. The van der Waals surface area contributed by atoms with Gasteiger partial charge in [-0.15, -0.1) is 0 Å². The molecule has 0 aromatic carbocycles. The van der Waals surface area contributed by atoms with Crippen molar-refractivity contribution >= 4 is 21.6 Å². The summed E-state index contributed by atoms with van der Waals surface area (Å²) in [4.78, 5) is 3.74. The van der Waals surface area contributed by atoms with Crippen molar-refractivity contribution in [2.75, 3.05) is 5.32 Å². The highest BCUT2D eigenvalue weighted by atomic mass is 79.9. The predicted octanol–water partition coefficient (Wildman–Crippen LogP) is 3.58. The molecule has 0 unspecified atom stereocenters. The Hall–Kier alpha value is -0.640. The number of anilines is 1. The van der Waals surface area contributed by atoms with Crippen LogP contribution in [0.25, 0.3) is 0 Å². The molecule has 78 valence electrons. The molecule has 0 saturated heterocycles. The molecule has 1 N–H and O–H groups in total. The van der Waals surface area contributed by atoms with Crippen molar-refractivity contribution < 1.29 is 4.39 Å². The molecule has 0 aliphatic heterocycles. The number of rotatable bonds is 4. The molecule has 1 rings (SSSR count). The number of nitrogens with one attached hydrogen (secondary N) is 1. The molecular formula is C10H14BrFN2. The predicted molar refractivity (Wildman–Crippen MR) is 59.9 cm³/mol. The summed E-state index contributed by atoms with van der Waals surface area (Å²) in [7, 11) is 0. The van der Waals surface area contributed by atoms with Gasteiger partial charge in [0.05, 0.1) is 16.4 Å². The molecule has 0 radical (unpaired) electrons. The van der Waals surface area contributed by atoms with Crippen molar-refractivity contribution in [2.45, 2.75) is 32.7 Å². The molecule has 0 bridgehead atoms. The third-order valence-corrected chi connectivity index (χ3v) is 2.79. The molecule has 1 aromatic rings. The van der Waals surface area contributed by atoms with E-state index < -0.39 is 0 Å². The highest BCUT2D eigenvalue weighted by Crippen LogP contribution is 2.25. The van der Waals surface area contributed by atoms with Gasteiger partial charge in [-0.25, -0.2) is 4.39 Å². The molecule has 0 spiro atoms. The van der Waals surface area contributed by atoms with E-state index in [1.54, 1.807) is 6.20 Å². The van der Waals surface area contributed by atoms with E-state index in [4.69, 9.17) is 0 Å². The lowest BCUT2D eigenvalue weighted by Gasteiger charge is -2.17. The third-order valence-electron chi connectivity index (χ3n) is 2.19. The Morgan fingerprint density at radius 3 is 2.57 bits per heavy atom. The average molecular weight is 261 g/mol. The van der Waals surface area contributed by atoms with Gasteiger partial charge >= 0.3 is 0 Å². The topological polar surface area (TPSA) is 24.9 Å². The number of nitrogens with zero attached hydrogens (tertiary/aromatic N) is 1. The van der Waals surface area contributed by atoms with Crippen LogP contribution in [-0.4, -0.2) is 11.0 Å². The standard InChI is InChI=1S/C10H14BrFN2/c1-3-7(4-2)14-10-8(11)5-13-6-9(10)12/h5-7H,3-4H2,1-2H3,(H,13,14). The van der Waals surface area contributed by atoms with E-state index in [2.05, 4.69) is 40.1 Å². The molecule has 2 nitrogen and oxygen atoms in total. The van der Waals surface area contributed by atoms with E-state index in [1.165, 1.54) is 6.20 Å². The molecule has 0 aliphatic carbocycles. The minimum absolute atomic E-state index is 0.309. The Labute approximate surface area is 92.1 Å². The van der Waals surface area contributed by atoms with Crippen LogP contribution in [0.4, 0.5) is 10.1 Å². The van der Waals surface area contributed by atoms with Gasteiger partial charge in [-0.2, -0.15) is 0 Å². The van der Waals surface area contributed by atoms with E-state index in [0.29, 0.717) is 16.2 Å². The van der Waals surface area contributed by atoms with E-state index in [0.717, 1.165) is 12.8 Å². The third kappa shape index (κ3) is 2.67. The zero-order valence-corrected chi connectivity index (χ0v) is 9.94. The fraction of sp³-hybridized carbons (Fsp3) is 0.500. The first-order valence-corrected chi connectivity index (χ1v) is 5.53. The summed E-state index contributed by atoms with van der Waals surface area (Å²) < 4.78 is 14.0. The van der Waals surface area contributed by atoms with E-state index >= 15 is 0 Å². The summed E-state index contributed by atoms with van der Waals surface area (Å²) in [6.07, 6.45) is 4.76. The molecule has 1 heterocycles. The molecular weight excluding hydrogens is 247 g/mol. The molecule has 0 fully saturated rings. The number of pyridine rings is 1. The molecule has 0 aliphatic rings. The largest absolute Gasteiger partial charge is 0.379 e. The number of hydrogen-bond donors (Lipinski definition) is 1. The van der Waals surface area contributed by atoms with Crippen LogP contribution in [0.2, 0.25) is 0 Å². The first kappa shape index (κ1) is 11.4. The second kappa shape index (κ2) is 5.29. The van der Waals surface area contributed by atoms with E-state index in [1.807, 2.05) is 0 Å². The Kier molecular flexibility index (Phi) is 4.32. The Morgan fingerprint density at radius 2 is 2.07 bits per heavy atom. The maximum absolute atomic E-state index is 13.3. The van der Waals surface area contributed by atoms with Gasteiger partial charge in [-0.05, 0) is 28.8 Å². The Morgan fingerprint density at radius 1 is 1.43 bits per heavy atom. The van der Waals surface area contributed by atoms with Gasteiger partial charge < -0.3 is 5.32 Å². The zero-order chi connectivity index (χ0) is 10.6. The second-order valence-corrected chi connectivity index (χ2v) is 3.99. The maximum Gasteiger partial charge on any atom is 0.165 e. The lowest BCUT2D eigenvalue weighted by atomic mass is 10.1. The van der Waals surface area contributed by atoms with Crippen LogP contribution in [0.1, 0.15) is 26.7 Å². The summed E-state index contributed by atoms with van der Waals surface area (Å²) in [5.41, 5.74) is 0.508. The zero-order valence-electron chi connectivity index (χ0n) is 8.35. The van der Waals surface area contributed by atoms with Crippen molar-refractivity contribution in [2.24, 2.45) is 0 Å². The minimum Gasteiger partial charge on any atom is -0.379 e. The smallest absolute Gasteiger partial charge is 0.165 e. The number of halogens is 2. The first-order valence-electron chi connectivity index (χ1n) is 4.74. The Balaban J connectivity index is 2.84. The van der Waals surface area contributed by atoms with Gasteiger partial charge in [0.25, 0.3) is 0 Å². The van der Waals surface area contributed by atoms with Crippen molar-refractivity contribution in [1.82, 2.24) is 4.98 Å². The monoisotopic (exact) mass is 260 g/mol. The van der Waals surface area contributed by atoms with E-state index in [-0.39, 0.29) is 5.82 Å². The fourth-order valence-electron chi connectivity index (χ4n) is 1.25. The summed E-state index contributed by atoms with van der Waals surface area (Å²) in [5.74, 6) is -0.314.